The third-order valence-electron chi connectivity index (χ3n) is 5.49. The SMILES string of the molecule is Cn1cncc1S(=O)(=O)Nc1ccc(-c2nc(CC(=O)C3CC3)nc3c2C=CC3)cc1. The van der Waals surface area contributed by atoms with Gasteiger partial charge >= 0.3 is 0 Å². The topological polar surface area (TPSA) is 107 Å². The normalized spacial score (nSPS) is 15.1. The van der Waals surface area contributed by atoms with Crippen molar-refractivity contribution in [2.24, 2.45) is 13.0 Å². The van der Waals surface area contributed by atoms with Crippen LogP contribution in [-0.2, 0) is 34.7 Å². The Balaban J connectivity index is 1.43. The third-order valence-corrected chi connectivity index (χ3v) is 6.94. The van der Waals surface area contributed by atoms with Crippen LogP contribution in [0.4, 0.5) is 5.69 Å². The van der Waals surface area contributed by atoms with Crippen LogP contribution < -0.4 is 4.72 Å². The van der Waals surface area contributed by atoms with Crippen LogP contribution in [0.15, 0.2) is 47.9 Å². The van der Waals surface area contributed by atoms with E-state index < -0.39 is 10.0 Å². The summed E-state index contributed by atoms with van der Waals surface area (Å²) in [5.74, 6) is 0.928. The van der Waals surface area contributed by atoms with E-state index in [0.717, 1.165) is 41.8 Å². The van der Waals surface area contributed by atoms with Crippen molar-refractivity contribution in [2.45, 2.75) is 30.7 Å². The van der Waals surface area contributed by atoms with Gasteiger partial charge in [-0.3, -0.25) is 9.52 Å². The number of carbonyl (C=O) groups is 1. The summed E-state index contributed by atoms with van der Waals surface area (Å²) in [7, 11) is -2.11. The van der Waals surface area contributed by atoms with Crippen molar-refractivity contribution in [1.29, 1.82) is 0 Å². The molecule has 1 saturated carbocycles. The van der Waals surface area contributed by atoms with Gasteiger partial charge in [-0.1, -0.05) is 24.3 Å². The molecule has 0 aliphatic heterocycles. The predicted octanol–water partition coefficient (Wildman–Crippen LogP) is 2.77. The zero-order valence-electron chi connectivity index (χ0n) is 16.9. The fourth-order valence-corrected chi connectivity index (χ4v) is 4.88. The highest BCUT2D eigenvalue weighted by Crippen LogP contribution is 2.33. The van der Waals surface area contributed by atoms with Crippen LogP contribution in [0.25, 0.3) is 17.3 Å². The Morgan fingerprint density at radius 3 is 2.65 bits per heavy atom. The Morgan fingerprint density at radius 1 is 1.19 bits per heavy atom. The Morgan fingerprint density at radius 2 is 1.97 bits per heavy atom. The molecule has 0 spiro atoms. The minimum atomic E-state index is -3.73. The highest BCUT2D eigenvalue weighted by atomic mass is 32.2. The van der Waals surface area contributed by atoms with E-state index in [1.165, 1.54) is 17.1 Å². The zero-order chi connectivity index (χ0) is 21.6. The standard InChI is InChI=1S/C22H21N5O3S/c1-27-13-23-12-21(27)31(29,30)26-16-9-7-15(8-10-16)22-17-3-2-4-18(17)24-20(25-22)11-19(28)14-5-6-14/h2-3,7-10,12-14,26H,4-6,11H2,1H3. The first-order chi connectivity index (χ1) is 14.9. The number of ketones is 1. The summed E-state index contributed by atoms with van der Waals surface area (Å²) in [6.45, 7) is 0. The van der Waals surface area contributed by atoms with Gasteiger partial charge in [-0.25, -0.2) is 15.0 Å². The van der Waals surface area contributed by atoms with Gasteiger partial charge in [0.15, 0.2) is 5.03 Å². The van der Waals surface area contributed by atoms with Gasteiger partial charge in [0, 0.05) is 36.2 Å². The van der Waals surface area contributed by atoms with Crippen LogP contribution in [0, 0.1) is 5.92 Å². The summed E-state index contributed by atoms with van der Waals surface area (Å²) in [6.07, 6.45) is 9.68. The lowest BCUT2D eigenvalue weighted by molar-refractivity contribution is -0.119. The second-order valence-corrected chi connectivity index (χ2v) is 9.53. The number of sulfonamides is 1. The Labute approximate surface area is 180 Å². The molecule has 0 unspecified atom stereocenters. The predicted molar refractivity (Wildman–Crippen MR) is 116 cm³/mol. The van der Waals surface area contributed by atoms with Crippen molar-refractivity contribution < 1.29 is 13.2 Å². The van der Waals surface area contributed by atoms with Gasteiger partial charge in [-0.05, 0) is 25.0 Å². The molecule has 0 radical (unpaired) electrons. The summed E-state index contributed by atoms with van der Waals surface area (Å²) in [5, 5.41) is 0.0836. The maximum Gasteiger partial charge on any atom is 0.279 e. The monoisotopic (exact) mass is 435 g/mol. The first-order valence-electron chi connectivity index (χ1n) is 10.1. The molecule has 0 amide bonds. The molecule has 2 aliphatic rings. The fourth-order valence-electron chi connectivity index (χ4n) is 3.70. The Bertz CT molecular complexity index is 1310. The minimum absolute atomic E-state index is 0.0836. The maximum atomic E-state index is 12.6. The summed E-state index contributed by atoms with van der Waals surface area (Å²) in [4.78, 5) is 25.4. The summed E-state index contributed by atoms with van der Waals surface area (Å²) in [6, 6.07) is 7.04. The molecule has 9 heteroatoms. The van der Waals surface area contributed by atoms with Gasteiger partial charge in [-0.2, -0.15) is 8.42 Å². The molecule has 31 heavy (non-hydrogen) atoms. The molecule has 2 heterocycles. The van der Waals surface area contributed by atoms with Gasteiger partial charge < -0.3 is 4.57 Å². The molecule has 2 aromatic heterocycles. The van der Waals surface area contributed by atoms with E-state index >= 15 is 0 Å². The lowest BCUT2D eigenvalue weighted by Gasteiger charge is -2.12. The fraction of sp³-hybridized carbons (Fsp3) is 0.273. The van der Waals surface area contributed by atoms with Gasteiger partial charge in [0.2, 0.25) is 0 Å². The van der Waals surface area contributed by atoms with Crippen molar-refractivity contribution in [3.63, 3.8) is 0 Å². The molecule has 0 saturated heterocycles. The molecule has 0 atom stereocenters. The number of hydrogen-bond donors (Lipinski definition) is 1. The summed E-state index contributed by atoms with van der Waals surface area (Å²) < 4.78 is 29.1. The number of aromatic nitrogens is 4. The number of benzene rings is 1. The number of carbonyl (C=O) groups excluding carboxylic acids is 1. The number of aryl methyl sites for hydroxylation is 1. The largest absolute Gasteiger partial charge is 0.323 e. The first-order valence-corrected chi connectivity index (χ1v) is 11.6. The second-order valence-electron chi connectivity index (χ2n) is 7.90. The van der Waals surface area contributed by atoms with E-state index in [9.17, 15) is 13.2 Å². The van der Waals surface area contributed by atoms with Crippen LogP contribution >= 0.6 is 0 Å². The molecule has 1 fully saturated rings. The van der Waals surface area contributed by atoms with Crippen LogP contribution in [0.5, 0.6) is 0 Å². The highest BCUT2D eigenvalue weighted by molar-refractivity contribution is 7.92. The molecule has 3 aromatic rings. The smallest absolute Gasteiger partial charge is 0.279 e. The van der Waals surface area contributed by atoms with Crippen molar-refractivity contribution in [2.75, 3.05) is 4.72 Å². The summed E-state index contributed by atoms with van der Waals surface area (Å²) in [5.41, 5.74) is 3.91. The molecule has 158 valence electrons. The van der Waals surface area contributed by atoms with Crippen LogP contribution in [0.2, 0.25) is 0 Å². The third kappa shape index (κ3) is 3.88. The van der Waals surface area contributed by atoms with Crippen LogP contribution in [-0.4, -0.2) is 33.7 Å². The van der Waals surface area contributed by atoms with E-state index in [0.29, 0.717) is 11.5 Å². The van der Waals surface area contributed by atoms with E-state index in [1.54, 1.807) is 19.2 Å². The quantitative estimate of drug-likeness (QED) is 0.612. The molecular formula is C22H21N5O3S. The minimum Gasteiger partial charge on any atom is -0.323 e. The van der Waals surface area contributed by atoms with Gasteiger partial charge in [0.1, 0.15) is 11.6 Å². The lowest BCUT2D eigenvalue weighted by Crippen LogP contribution is -2.15. The van der Waals surface area contributed by atoms with Gasteiger partial charge in [0.05, 0.1) is 30.3 Å². The second kappa shape index (κ2) is 7.42. The van der Waals surface area contributed by atoms with E-state index in [2.05, 4.69) is 19.7 Å². The molecule has 1 N–H and O–H groups in total. The number of hydrogen-bond acceptors (Lipinski definition) is 6. The molecular weight excluding hydrogens is 414 g/mol. The highest BCUT2D eigenvalue weighted by Gasteiger charge is 2.30. The molecule has 2 aliphatic carbocycles. The van der Waals surface area contributed by atoms with E-state index in [1.807, 2.05) is 24.3 Å². The van der Waals surface area contributed by atoms with E-state index in [-0.39, 0.29) is 23.1 Å². The number of imidazole rings is 1. The van der Waals surface area contributed by atoms with Gasteiger partial charge in [0.25, 0.3) is 10.0 Å². The number of rotatable bonds is 7. The number of nitrogens with zero attached hydrogens (tertiary/aromatic N) is 4. The average Bonchev–Trinajstić information content (AvgIpc) is 3.33. The van der Waals surface area contributed by atoms with Crippen molar-refractivity contribution >= 4 is 27.6 Å². The van der Waals surface area contributed by atoms with Crippen LogP contribution in [0.3, 0.4) is 0 Å². The zero-order valence-corrected chi connectivity index (χ0v) is 17.8. The number of allylic oxidation sites excluding steroid dienone is 1. The lowest BCUT2D eigenvalue weighted by atomic mass is 10.0. The molecule has 0 bridgehead atoms. The Kier molecular flexibility index (Phi) is 4.70. The van der Waals surface area contributed by atoms with E-state index in [4.69, 9.17) is 0 Å². The number of Topliss-reactive ketones (excluding diaryl/α,β-unsaturated/α-hetero) is 1. The van der Waals surface area contributed by atoms with Crippen LogP contribution in [0.1, 0.15) is 29.9 Å². The average molecular weight is 436 g/mol. The van der Waals surface area contributed by atoms with Crippen molar-refractivity contribution in [3.05, 3.63) is 59.9 Å². The maximum absolute atomic E-state index is 12.6. The number of fused-ring (bicyclic) bond motifs is 1. The molecule has 1 aromatic carbocycles. The van der Waals surface area contributed by atoms with Gasteiger partial charge in [-0.15, -0.1) is 0 Å². The number of nitrogens with one attached hydrogen (secondary N) is 1. The number of anilines is 1. The Hall–Kier alpha value is -3.33. The summed E-state index contributed by atoms with van der Waals surface area (Å²) >= 11 is 0. The first kappa shape index (κ1) is 19.6. The molecule has 5 rings (SSSR count). The van der Waals surface area contributed by atoms with Crippen molar-refractivity contribution in [1.82, 2.24) is 19.5 Å². The molecule has 8 nitrogen and oxygen atoms in total. The van der Waals surface area contributed by atoms with Crippen molar-refractivity contribution in [3.8, 4) is 11.3 Å².